The van der Waals surface area contributed by atoms with Crippen molar-refractivity contribution in [2.24, 2.45) is 0 Å². The van der Waals surface area contributed by atoms with E-state index in [0.29, 0.717) is 28.8 Å². The summed E-state index contributed by atoms with van der Waals surface area (Å²) >= 11 is 8.78. The molecule has 0 bridgehead atoms. The Morgan fingerprint density at radius 2 is 2.29 bits per heavy atom. The molecule has 0 unspecified atom stereocenters. The van der Waals surface area contributed by atoms with Crippen molar-refractivity contribution in [1.29, 1.82) is 0 Å². The van der Waals surface area contributed by atoms with Crippen LogP contribution >= 0.6 is 27.5 Å². The zero-order chi connectivity index (χ0) is 9.97. The minimum Gasteiger partial charge on any atom is -0.457 e. The Bertz CT molecular complexity index is 426. The van der Waals surface area contributed by atoms with Gasteiger partial charge in [-0.1, -0.05) is 0 Å². The molecular formula is C8H6BrClN2O2. The van der Waals surface area contributed by atoms with Gasteiger partial charge < -0.3 is 8.83 Å². The number of rotatable bonds is 3. The number of halogens is 2. The van der Waals surface area contributed by atoms with E-state index in [9.17, 15) is 0 Å². The van der Waals surface area contributed by atoms with E-state index in [1.54, 1.807) is 12.3 Å². The van der Waals surface area contributed by atoms with Crippen LogP contribution in [-0.2, 0) is 6.42 Å². The second kappa shape index (κ2) is 4.14. The first-order valence-corrected chi connectivity index (χ1v) is 5.25. The third-order valence-electron chi connectivity index (χ3n) is 1.62. The van der Waals surface area contributed by atoms with E-state index in [-0.39, 0.29) is 0 Å². The molecule has 6 heteroatoms. The van der Waals surface area contributed by atoms with Crippen molar-refractivity contribution in [3.63, 3.8) is 0 Å². The van der Waals surface area contributed by atoms with E-state index in [4.69, 9.17) is 20.4 Å². The van der Waals surface area contributed by atoms with Crippen LogP contribution in [0.1, 0.15) is 5.89 Å². The summed E-state index contributed by atoms with van der Waals surface area (Å²) in [5.74, 6) is 1.43. The molecule has 0 saturated carbocycles. The largest absolute Gasteiger partial charge is 0.457 e. The van der Waals surface area contributed by atoms with Crippen LogP contribution < -0.4 is 0 Å². The maximum Gasteiger partial charge on any atom is 0.252 e. The Kier molecular flexibility index (Phi) is 2.88. The average Bonchev–Trinajstić information content (AvgIpc) is 2.74. The molecule has 0 aliphatic carbocycles. The van der Waals surface area contributed by atoms with Crippen LogP contribution in [0, 0.1) is 0 Å². The van der Waals surface area contributed by atoms with Crippen molar-refractivity contribution in [1.82, 2.24) is 10.2 Å². The Morgan fingerprint density at radius 3 is 2.93 bits per heavy atom. The minimum atomic E-state index is 0.436. The Hall–Kier alpha value is -0.810. The second-order valence-corrected chi connectivity index (χ2v) is 3.65. The number of alkyl halides is 1. The lowest BCUT2D eigenvalue weighted by molar-refractivity contribution is 0.508. The van der Waals surface area contributed by atoms with Gasteiger partial charge in [0.25, 0.3) is 5.89 Å². The molecule has 0 amide bonds. The van der Waals surface area contributed by atoms with Gasteiger partial charge in [-0.15, -0.1) is 21.8 Å². The van der Waals surface area contributed by atoms with Crippen LogP contribution in [0.2, 0.25) is 0 Å². The quantitative estimate of drug-likeness (QED) is 0.810. The fourth-order valence-corrected chi connectivity index (χ4v) is 1.56. The van der Waals surface area contributed by atoms with Crippen LogP contribution in [0.5, 0.6) is 0 Å². The molecule has 0 atom stereocenters. The highest BCUT2D eigenvalue weighted by Gasteiger charge is 2.13. The first-order valence-electron chi connectivity index (χ1n) is 3.93. The van der Waals surface area contributed by atoms with Crippen molar-refractivity contribution in [3.8, 4) is 11.5 Å². The lowest BCUT2D eigenvalue weighted by Gasteiger charge is -1.88. The molecule has 0 N–H and O–H groups in total. The van der Waals surface area contributed by atoms with Crippen molar-refractivity contribution in [2.45, 2.75) is 6.42 Å². The summed E-state index contributed by atoms with van der Waals surface area (Å²) in [6, 6.07) is 1.75. The van der Waals surface area contributed by atoms with Gasteiger partial charge in [-0.2, -0.15) is 0 Å². The molecule has 0 radical (unpaired) electrons. The predicted octanol–water partition coefficient (Wildman–Crippen LogP) is 2.87. The molecule has 74 valence electrons. The lowest BCUT2D eigenvalue weighted by Crippen LogP contribution is -1.84. The van der Waals surface area contributed by atoms with Gasteiger partial charge in [0.1, 0.15) is 0 Å². The first-order chi connectivity index (χ1) is 6.81. The van der Waals surface area contributed by atoms with Crippen LogP contribution in [0.3, 0.4) is 0 Å². The van der Waals surface area contributed by atoms with Crippen LogP contribution in [-0.4, -0.2) is 16.1 Å². The van der Waals surface area contributed by atoms with Gasteiger partial charge in [0.05, 0.1) is 11.8 Å². The topological polar surface area (TPSA) is 52.1 Å². The molecule has 0 spiro atoms. The van der Waals surface area contributed by atoms with Gasteiger partial charge in [-0.3, -0.25) is 0 Å². The third-order valence-corrected chi connectivity index (χ3v) is 2.43. The number of nitrogens with zero attached hydrogens (tertiary/aromatic N) is 2. The maximum absolute atomic E-state index is 5.55. The van der Waals surface area contributed by atoms with Gasteiger partial charge in [0.15, 0.2) is 4.67 Å². The normalized spacial score (nSPS) is 10.7. The summed E-state index contributed by atoms with van der Waals surface area (Å²) < 4.78 is 11.0. The Labute approximate surface area is 93.4 Å². The summed E-state index contributed by atoms with van der Waals surface area (Å²) in [7, 11) is 0. The van der Waals surface area contributed by atoms with E-state index >= 15 is 0 Å². The highest BCUT2D eigenvalue weighted by molar-refractivity contribution is 9.10. The van der Waals surface area contributed by atoms with Gasteiger partial charge in [0, 0.05) is 12.3 Å². The minimum absolute atomic E-state index is 0.436. The molecule has 0 saturated heterocycles. The fourth-order valence-electron chi connectivity index (χ4n) is 0.990. The van der Waals surface area contributed by atoms with E-state index in [1.807, 2.05) is 0 Å². The third kappa shape index (κ3) is 1.83. The van der Waals surface area contributed by atoms with Gasteiger partial charge in [-0.05, 0) is 22.0 Å². The molecule has 2 aromatic rings. The van der Waals surface area contributed by atoms with E-state index in [1.165, 1.54) is 0 Å². The van der Waals surface area contributed by atoms with E-state index < -0.39 is 0 Å². The molecule has 0 fully saturated rings. The molecule has 0 aliphatic rings. The number of aryl methyl sites for hydroxylation is 1. The summed E-state index contributed by atoms with van der Waals surface area (Å²) in [6.07, 6.45) is 2.12. The highest BCUT2D eigenvalue weighted by Crippen LogP contribution is 2.27. The first kappa shape index (κ1) is 9.73. The number of hydrogen-bond acceptors (Lipinski definition) is 4. The van der Waals surface area contributed by atoms with Crippen molar-refractivity contribution < 1.29 is 8.83 Å². The predicted molar refractivity (Wildman–Crippen MR) is 54.1 cm³/mol. The number of hydrogen-bond donors (Lipinski definition) is 0. The summed E-state index contributed by atoms with van der Waals surface area (Å²) in [4.78, 5) is 0. The summed E-state index contributed by atoms with van der Waals surface area (Å²) in [5, 5.41) is 7.71. The zero-order valence-electron chi connectivity index (χ0n) is 7.04. The SMILES string of the molecule is ClCCc1nnc(-c2ccoc2Br)o1. The van der Waals surface area contributed by atoms with Crippen LogP contribution in [0.25, 0.3) is 11.5 Å². The standard InChI is InChI=1S/C8H6BrClN2O2/c9-7-5(2-4-13-7)8-12-11-6(14-8)1-3-10/h2,4H,1,3H2. The molecule has 2 rings (SSSR count). The van der Waals surface area contributed by atoms with E-state index in [2.05, 4.69) is 26.1 Å². The molecule has 2 aromatic heterocycles. The molecular weight excluding hydrogens is 271 g/mol. The van der Waals surface area contributed by atoms with Gasteiger partial charge >= 0.3 is 0 Å². The molecule has 2 heterocycles. The lowest BCUT2D eigenvalue weighted by atomic mass is 10.3. The van der Waals surface area contributed by atoms with E-state index in [0.717, 1.165) is 5.56 Å². The smallest absolute Gasteiger partial charge is 0.252 e. The van der Waals surface area contributed by atoms with Crippen LogP contribution in [0.15, 0.2) is 25.8 Å². The molecule has 0 aromatic carbocycles. The van der Waals surface area contributed by atoms with Crippen LogP contribution in [0.4, 0.5) is 0 Å². The molecule has 0 aliphatic heterocycles. The average molecular weight is 278 g/mol. The van der Waals surface area contributed by atoms with Gasteiger partial charge in [-0.25, -0.2) is 0 Å². The summed E-state index contributed by atoms with van der Waals surface area (Å²) in [5.41, 5.74) is 0.748. The molecule has 14 heavy (non-hydrogen) atoms. The monoisotopic (exact) mass is 276 g/mol. The second-order valence-electron chi connectivity index (χ2n) is 2.55. The number of aromatic nitrogens is 2. The summed E-state index contributed by atoms with van der Waals surface area (Å²) in [6.45, 7) is 0. The Morgan fingerprint density at radius 1 is 1.43 bits per heavy atom. The molecule has 4 nitrogen and oxygen atoms in total. The number of furan rings is 1. The van der Waals surface area contributed by atoms with Crippen molar-refractivity contribution in [2.75, 3.05) is 5.88 Å². The van der Waals surface area contributed by atoms with Gasteiger partial charge in [0.2, 0.25) is 5.89 Å². The van der Waals surface area contributed by atoms with Crippen molar-refractivity contribution >= 4 is 27.5 Å². The fraction of sp³-hybridized carbons (Fsp3) is 0.250. The van der Waals surface area contributed by atoms with Crippen molar-refractivity contribution in [3.05, 3.63) is 22.9 Å². The maximum atomic E-state index is 5.55. The highest BCUT2D eigenvalue weighted by atomic mass is 79.9. The Balaban J connectivity index is 2.29. The zero-order valence-corrected chi connectivity index (χ0v) is 9.38.